The number of hydrogen-bond donors (Lipinski definition) is 2. The summed E-state index contributed by atoms with van der Waals surface area (Å²) in [4.78, 5) is 10.0. The zero-order valence-electron chi connectivity index (χ0n) is 8.78. The Kier molecular flexibility index (Phi) is 4.87. The minimum Gasteiger partial charge on any atom is -0.370 e. The summed E-state index contributed by atoms with van der Waals surface area (Å²) < 4.78 is 0. The Bertz CT molecular complexity index is 203. The van der Waals surface area contributed by atoms with E-state index < -0.39 is 0 Å². The minimum atomic E-state index is 0.0414. The van der Waals surface area contributed by atoms with E-state index in [4.69, 9.17) is 11.5 Å². The first kappa shape index (κ1) is 11.7. The highest BCUT2D eigenvalue weighted by atomic mass is 15.3. The normalized spacial score (nSPS) is 11.6. The number of nitrogens with two attached hydrogens (primary N) is 2. The second-order valence-corrected chi connectivity index (χ2v) is 3.02. The summed E-state index contributed by atoms with van der Waals surface area (Å²) in [6.45, 7) is 6.71. The Morgan fingerprint density at radius 1 is 1.38 bits per heavy atom. The van der Waals surface area contributed by atoms with Gasteiger partial charge in [-0.05, 0) is 20.8 Å². The predicted octanol–water partition coefficient (Wildman–Crippen LogP) is -0.0241. The van der Waals surface area contributed by atoms with E-state index in [0.29, 0.717) is 18.5 Å². The van der Waals surface area contributed by atoms with Crippen LogP contribution in [-0.2, 0) is 0 Å². The van der Waals surface area contributed by atoms with Gasteiger partial charge in [0.05, 0.1) is 0 Å². The molecular formula is C8H19N5. The summed E-state index contributed by atoms with van der Waals surface area (Å²) in [5, 5.41) is 0. The van der Waals surface area contributed by atoms with Gasteiger partial charge < -0.3 is 16.4 Å². The van der Waals surface area contributed by atoms with Crippen LogP contribution in [0.4, 0.5) is 0 Å². The molecule has 0 radical (unpaired) electrons. The summed E-state index contributed by atoms with van der Waals surface area (Å²) in [6, 6.07) is 0.327. The molecule has 0 aliphatic rings. The highest BCUT2D eigenvalue weighted by Crippen LogP contribution is 1.97. The molecule has 13 heavy (non-hydrogen) atoms. The second-order valence-electron chi connectivity index (χ2n) is 3.02. The fraction of sp³-hybridized carbons (Fsp3) is 0.750. The first-order valence-electron chi connectivity index (χ1n) is 4.36. The lowest BCUT2D eigenvalue weighted by atomic mass is 10.4. The molecule has 0 bridgehead atoms. The molecule has 4 N–H and O–H groups in total. The van der Waals surface area contributed by atoms with Gasteiger partial charge in [0.1, 0.15) is 0 Å². The first-order chi connectivity index (χ1) is 5.99. The van der Waals surface area contributed by atoms with Crippen molar-refractivity contribution in [3.05, 3.63) is 0 Å². The zero-order chi connectivity index (χ0) is 10.4. The Morgan fingerprint density at radius 2 is 1.92 bits per heavy atom. The third-order valence-corrected chi connectivity index (χ3v) is 1.62. The van der Waals surface area contributed by atoms with Crippen molar-refractivity contribution < 1.29 is 0 Å². The molecule has 76 valence electrons. The lowest BCUT2D eigenvalue weighted by Gasteiger charge is -2.22. The van der Waals surface area contributed by atoms with E-state index in [1.807, 2.05) is 32.7 Å². The van der Waals surface area contributed by atoms with E-state index in [2.05, 4.69) is 9.98 Å². The number of aliphatic imine (C=N–C) groups is 2. The van der Waals surface area contributed by atoms with Crippen molar-refractivity contribution >= 4 is 11.9 Å². The van der Waals surface area contributed by atoms with Crippen molar-refractivity contribution in [2.45, 2.75) is 26.8 Å². The summed E-state index contributed by atoms with van der Waals surface area (Å²) in [7, 11) is 1.91. The van der Waals surface area contributed by atoms with Crippen LogP contribution in [0.3, 0.4) is 0 Å². The van der Waals surface area contributed by atoms with Crippen molar-refractivity contribution in [1.82, 2.24) is 4.90 Å². The molecule has 0 aliphatic heterocycles. The summed E-state index contributed by atoms with van der Waals surface area (Å²) in [5.74, 6) is 0.622. The predicted molar refractivity (Wildman–Crippen MR) is 56.7 cm³/mol. The summed E-state index contributed by atoms with van der Waals surface area (Å²) >= 11 is 0. The van der Waals surface area contributed by atoms with Crippen LogP contribution in [0, 0.1) is 0 Å². The lowest BCUT2D eigenvalue weighted by Crippen LogP contribution is -2.35. The van der Waals surface area contributed by atoms with Gasteiger partial charge in [0.25, 0.3) is 0 Å². The fourth-order valence-corrected chi connectivity index (χ4v) is 0.714. The molecular weight excluding hydrogens is 166 g/mol. The van der Waals surface area contributed by atoms with Gasteiger partial charge >= 0.3 is 0 Å². The van der Waals surface area contributed by atoms with E-state index >= 15 is 0 Å². The van der Waals surface area contributed by atoms with Gasteiger partial charge in [0, 0.05) is 19.6 Å². The zero-order valence-corrected chi connectivity index (χ0v) is 8.78. The molecule has 5 heteroatoms. The summed E-state index contributed by atoms with van der Waals surface area (Å²) in [6.07, 6.45) is 0. The molecule has 0 amide bonds. The molecule has 0 aromatic carbocycles. The maximum absolute atomic E-state index is 5.28. The van der Waals surface area contributed by atoms with Crippen LogP contribution >= 0.6 is 0 Å². The molecule has 0 fully saturated rings. The largest absolute Gasteiger partial charge is 0.370 e. The fourth-order valence-electron chi connectivity index (χ4n) is 0.714. The number of nitrogens with zero attached hydrogens (tertiary/aromatic N) is 3. The van der Waals surface area contributed by atoms with Gasteiger partial charge in [-0.25, -0.2) is 0 Å². The molecule has 5 nitrogen and oxygen atoms in total. The first-order valence-corrected chi connectivity index (χ1v) is 4.36. The monoisotopic (exact) mass is 185 g/mol. The van der Waals surface area contributed by atoms with Crippen molar-refractivity contribution in [2.24, 2.45) is 21.5 Å². The average Bonchev–Trinajstić information content (AvgIpc) is 2.01. The highest BCUT2D eigenvalue weighted by molar-refractivity contribution is 5.93. The molecule has 0 spiro atoms. The van der Waals surface area contributed by atoms with Crippen LogP contribution in [0.2, 0.25) is 0 Å². The van der Waals surface area contributed by atoms with Crippen molar-refractivity contribution in [1.29, 1.82) is 0 Å². The Hall–Kier alpha value is -1.26. The quantitative estimate of drug-likeness (QED) is 0.468. The number of hydrogen-bond acceptors (Lipinski definition) is 1. The van der Waals surface area contributed by atoms with E-state index in [1.165, 1.54) is 0 Å². The van der Waals surface area contributed by atoms with Gasteiger partial charge in [0.2, 0.25) is 5.96 Å². The van der Waals surface area contributed by atoms with Gasteiger partial charge in [-0.2, -0.15) is 4.99 Å². The van der Waals surface area contributed by atoms with Gasteiger partial charge in [-0.3, -0.25) is 4.99 Å². The Morgan fingerprint density at radius 3 is 2.23 bits per heavy atom. The topological polar surface area (TPSA) is 80.0 Å². The van der Waals surface area contributed by atoms with Crippen LogP contribution in [0.1, 0.15) is 20.8 Å². The van der Waals surface area contributed by atoms with Crippen molar-refractivity contribution in [2.75, 3.05) is 13.6 Å². The maximum Gasteiger partial charge on any atom is 0.223 e. The molecule has 0 unspecified atom stereocenters. The van der Waals surface area contributed by atoms with Crippen LogP contribution in [0.5, 0.6) is 0 Å². The molecule has 0 saturated heterocycles. The third kappa shape index (κ3) is 4.35. The molecule has 0 aliphatic carbocycles. The molecule has 0 rings (SSSR count). The number of rotatable bonds is 2. The van der Waals surface area contributed by atoms with E-state index in [0.717, 1.165) is 0 Å². The average molecular weight is 185 g/mol. The molecule has 0 atom stereocenters. The third-order valence-electron chi connectivity index (χ3n) is 1.62. The summed E-state index contributed by atoms with van der Waals surface area (Å²) in [5.41, 5.74) is 10.6. The van der Waals surface area contributed by atoms with Gasteiger partial charge in [-0.15, -0.1) is 0 Å². The minimum absolute atomic E-state index is 0.0414. The standard InChI is InChI=1S/C8H19N5/c1-5-11-8(12-7(9)10)13(4)6(2)3/h6H,5H2,1-4H3,(H4,9,10,11,12). The Balaban J connectivity index is 4.62. The van der Waals surface area contributed by atoms with Crippen molar-refractivity contribution in [3.8, 4) is 0 Å². The number of guanidine groups is 2. The van der Waals surface area contributed by atoms with E-state index in [1.54, 1.807) is 0 Å². The van der Waals surface area contributed by atoms with Gasteiger partial charge in [-0.1, -0.05) is 0 Å². The van der Waals surface area contributed by atoms with E-state index in [-0.39, 0.29) is 5.96 Å². The molecule has 0 aromatic heterocycles. The van der Waals surface area contributed by atoms with E-state index in [9.17, 15) is 0 Å². The maximum atomic E-state index is 5.28. The highest BCUT2D eigenvalue weighted by Gasteiger charge is 2.08. The smallest absolute Gasteiger partial charge is 0.223 e. The second kappa shape index (κ2) is 5.40. The van der Waals surface area contributed by atoms with Crippen LogP contribution in [-0.4, -0.2) is 36.5 Å². The Labute approximate surface area is 79.5 Å². The van der Waals surface area contributed by atoms with Crippen LogP contribution in [0.25, 0.3) is 0 Å². The van der Waals surface area contributed by atoms with Gasteiger partial charge in [0.15, 0.2) is 5.96 Å². The molecule has 0 heterocycles. The molecule has 0 saturated carbocycles. The lowest BCUT2D eigenvalue weighted by molar-refractivity contribution is 0.412. The molecule has 0 aromatic rings. The van der Waals surface area contributed by atoms with Crippen LogP contribution < -0.4 is 11.5 Å². The van der Waals surface area contributed by atoms with Crippen molar-refractivity contribution in [3.63, 3.8) is 0 Å². The SMILES string of the molecule is CCN=C(N=C(N)N)N(C)C(C)C. The van der Waals surface area contributed by atoms with Crippen LogP contribution in [0.15, 0.2) is 9.98 Å².